The molecule has 2 N–H and O–H groups in total. The molecule has 40 heavy (non-hydrogen) atoms. The first-order valence-electron chi connectivity index (χ1n) is 14.1. The molecule has 0 spiro atoms. The maximum atomic E-state index is 15.1. The van der Waals surface area contributed by atoms with Gasteiger partial charge in [-0.1, -0.05) is 0 Å². The van der Waals surface area contributed by atoms with Gasteiger partial charge in [-0.3, -0.25) is 0 Å². The number of hydrogen-bond donors (Lipinski definition) is 2. The van der Waals surface area contributed by atoms with Crippen LogP contribution in [0.1, 0.15) is 37.8 Å². The van der Waals surface area contributed by atoms with Crippen LogP contribution in [0.3, 0.4) is 0 Å². The molecule has 212 valence electrons. The van der Waals surface area contributed by atoms with Gasteiger partial charge >= 0.3 is 0 Å². The van der Waals surface area contributed by atoms with E-state index in [-0.39, 0.29) is 23.4 Å². The number of halogens is 2. The van der Waals surface area contributed by atoms with Crippen molar-refractivity contribution in [1.29, 1.82) is 0 Å². The third kappa shape index (κ3) is 4.94. The van der Waals surface area contributed by atoms with Crippen molar-refractivity contribution in [3.05, 3.63) is 53.2 Å². The van der Waals surface area contributed by atoms with Crippen molar-refractivity contribution in [2.24, 2.45) is 0 Å². The highest BCUT2D eigenvalue weighted by atomic mass is 19.1. The highest BCUT2D eigenvalue weighted by Crippen LogP contribution is 2.40. The number of hydrogen-bond acceptors (Lipinski definition) is 8. The Hall–Kier alpha value is -3.50. The average Bonchev–Trinajstić information content (AvgIpc) is 3.44. The van der Waals surface area contributed by atoms with Crippen molar-refractivity contribution >= 4 is 23.0 Å². The number of nitrogens with zero attached hydrogens (tertiary/aromatic N) is 5. The molecule has 1 fully saturated rings. The summed E-state index contributed by atoms with van der Waals surface area (Å²) in [5.41, 5.74) is 5.61. The third-order valence-corrected chi connectivity index (χ3v) is 8.34. The lowest BCUT2D eigenvalue weighted by Crippen LogP contribution is -2.42. The molecule has 1 aromatic heterocycles. The van der Waals surface area contributed by atoms with Gasteiger partial charge in [0.05, 0.1) is 18.4 Å². The summed E-state index contributed by atoms with van der Waals surface area (Å²) in [5, 5.41) is 6.80. The molecule has 3 aliphatic heterocycles. The molecule has 0 saturated carbocycles. The van der Waals surface area contributed by atoms with Gasteiger partial charge in [-0.2, -0.15) is 0 Å². The molecular weight excluding hydrogens is 512 g/mol. The van der Waals surface area contributed by atoms with Crippen molar-refractivity contribution in [2.45, 2.75) is 51.9 Å². The highest BCUT2D eigenvalue weighted by Gasteiger charge is 2.28. The topological polar surface area (TPSA) is 68.8 Å². The molecule has 0 radical (unpaired) electrons. The summed E-state index contributed by atoms with van der Waals surface area (Å²) in [6, 6.07) is 8.02. The van der Waals surface area contributed by atoms with Crippen LogP contribution in [-0.2, 0) is 13.1 Å². The number of nitrogens with one attached hydrogen (secondary N) is 2. The molecular formula is C30H37F2N7O. The molecule has 0 amide bonds. The summed E-state index contributed by atoms with van der Waals surface area (Å²) in [4.78, 5) is 15.6. The number of piperidine rings is 1. The molecule has 2 aromatic carbocycles. The minimum atomic E-state index is -0.610. The number of rotatable bonds is 6. The first-order valence-corrected chi connectivity index (χ1v) is 14.1. The molecule has 4 heterocycles. The number of anilines is 4. The van der Waals surface area contributed by atoms with Crippen LogP contribution in [0.2, 0.25) is 0 Å². The van der Waals surface area contributed by atoms with Crippen LogP contribution in [0.4, 0.5) is 31.8 Å². The summed E-state index contributed by atoms with van der Waals surface area (Å²) >= 11 is 0. The number of fused-ring (bicyclic) bond motifs is 2. The molecule has 3 aliphatic rings. The molecule has 0 bridgehead atoms. The van der Waals surface area contributed by atoms with Crippen LogP contribution in [-0.4, -0.2) is 67.3 Å². The summed E-state index contributed by atoms with van der Waals surface area (Å²) in [6.45, 7) is 8.71. The van der Waals surface area contributed by atoms with E-state index in [1.54, 1.807) is 6.07 Å². The van der Waals surface area contributed by atoms with Crippen LogP contribution in [0.15, 0.2) is 30.5 Å². The molecule has 0 unspecified atom stereocenters. The summed E-state index contributed by atoms with van der Waals surface area (Å²) < 4.78 is 35.7. The van der Waals surface area contributed by atoms with E-state index in [2.05, 4.69) is 61.5 Å². The van der Waals surface area contributed by atoms with Gasteiger partial charge in [0.25, 0.3) is 0 Å². The second-order valence-electron chi connectivity index (χ2n) is 11.3. The highest BCUT2D eigenvalue weighted by molar-refractivity contribution is 5.74. The van der Waals surface area contributed by atoms with Crippen molar-refractivity contribution in [1.82, 2.24) is 20.2 Å². The first kappa shape index (κ1) is 26.7. The lowest BCUT2D eigenvalue weighted by atomic mass is 10.00. The van der Waals surface area contributed by atoms with E-state index in [4.69, 9.17) is 4.74 Å². The molecule has 10 heteroatoms. The molecule has 6 rings (SSSR count). The van der Waals surface area contributed by atoms with E-state index in [0.29, 0.717) is 30.4 Å². The van der Waals surface area contributed by atoms with Gasteiger partial charge in [-0.15, -0.1) is 0 Å². The smallest absolute Gasteiger partial charge is 0.227 e. The zero-order valence-corrected chi connectivity index (χ0v) is 23.6. The van der Waals surface area contributed by atoms with Crippen LogP contribution < -0.4 is 25.2 Å². The Morgan fingerprint density at radius 1 is 1.02 bits per heavy atom. The standard InChI is InChI=1S/C30H37F2N7O/c1-18(2)39-11-12-40-29-23(31)13-19(14-27(29)39)28-24(32)17-34-30(36-28)35-25-5-6-26(22-16-33-15-21(22)25)38-9-7-20(8-10-38)37(3)4/h5-6,13-14,17-18,20,33H,7-12,15-16H2,1-4H3,(H,34,35,36). The Morgan fingerprint density at radius 2 is 1.80 bits per heavy atom. The van der Waals surface area contributed by atoms with E-state index in [1.807, 2.05) is 13.8 Å². The zero-order chi connectivity index (χ0) is 28.0. The Bertz CT molecular complexity index is 1410. The van der Waals surface area contributed by atoms with Gasteiger partial charge in [-0.05, 0) is 76.2 Å². The van der Waals surface area contributed by atoms with Crippen LogP contribution in [0, 0.1) is 11.6 Å². The van der Waals surface area contributed by atoms with Crippen LogP contribution in [0.5, 0.6) is 5.75 Å². The number of ether oxygens (including phenoxy) is 1. The average molecular weight is 550 g/mol. The fourth-order valence-corrected chi connectivity index (χ4v) is 6.15. The fraction of sp³-hybridized carbons (Fsp3) is 0.467. The molecule has 8 nitrogen and oxygen atoms in total. The largest absolute Gasteiger partial charge is 0.486 e. The SMILES string of the molecule is CC(C)N1CCOc2c(F)cc(-c3nc(Nc4ccc(N5CCC(N(C)C)CC5)c5c4CNC5)ncc3F)cc21. The van der Waals surface area contributed by atoms with Crippen LogP contribution >= 0.6 is 0 Å². The van der Waals surface area contributed by atoms with E-state index in [9.17, 15) is 0 Å². The Kier molecular flexibility index (Phi) is 7.22. The third-order valence-electron chi connectivity index (χ3n) is 8.34. The zero-order valence-electron chi connectivity index (χ0n) is 23.6. The van der Waals surface area contributed by atoms with E-state index >= 15 is 8.78 Å². The quantitative estimate of drug-likeness (QED) is 0.450. The predicted molar refractivity (Wildman–Crippen MR) is 155 cm³/mol. The van der Waals surface area contributed by atoms with Gasteiger partial charge in [0.1, 0.15) is 12.3 Å². The Labute approximate surface area is 234 Å². The van der Waals surface area contributed by atoms with E-state index in [0.717, 1.165) is 50.9 Å². The Balaban J connectivity index is 1.29. The van der Waals surface area contributed by atoms with Gasteiger partial charge in [-0.25, -0.2) is 18.7 Å². The minimum Gasteiger partial charge on any atom is -0.486 e. The monoisotopic (exact) mass is 549 g/mol. The lowest BCUT2D eigenvalue weighted by molar-refractivity contribution is 0.249. The number of benzene rings is 2. The van der Waals surface area contributed by atoms with Crippen molar-refractivity contribution < 1.29 is 13.5 Å². The van der Waals surface area contributed by atoms with Gasteiger partial charge < -0.3 is 30.1 Å². The number of aromatic nitrogens is 2. The maximum Gasteiger partial charge on any atom is 0.227 e. The predicted octanol–water partition coefficient (Wildman–Crippen LogP) is 4.91. The molecule has 1 saturated heterocycles. The van der Waals surface area contributed by atoms with Crippen molar-refractivity contribution in [3.63, 3.8) is 0 Å². The van der Waals surface area contributed by atoms with Crippen molar-refractivity contribution in [3.8, 4) is 17.0 Å². The van der Waals surface area contributed by atoms with E-state index < -0.39 is 11.6 Å². The van der Waals surface area contributed by atoms with Gasteiger partial charge in [0, 0.05) is 55.2 Å². The summed E-state index contributed by atoms with van der Waals surface area (Å²) in [5.74, 6) is -0.675. The maximum absolute atomic E-state index is 15.1. The lowest BCUT2D eigenvalue weighted by Gasteiger charge is -2.37. The van der Waals surface area contributed by atoms with Crippen molar-refractivity contribution in [2.75, 3.05) is 55.5 Å². The second kappa shape index (κ2) is 10.8. The molecule has 0 aliphatic carbocycles. The van der Waals surface area contributed by atoms with Gasteiger partial charge in [0.2, 0.25) is 5.95 Å². The van der Waals surface area contributed by atoms with E-state index in [1.165, 1.54) is 22.9 Å². The molecule has 3 aromatic rings. The fourth-order valence-electron chi connectivity index (χ4n) is 6.15. The molecule has 0 atom stereocenters. The Morgan fingerprint density at radius 3 is 2.55 bits per heavy atom. The first-order chi connectivity index (χ1) is 19.3. The summed E-state index contributed by atoms with van der Waals surface area (Å²) in [7, 11) is 4.31. The van der Waals surface area contributed by atoms with Crippen LogP contribution in [0.25, 0.3) is 11.3 Å². The summed E-state index contributed by atoms with van der Waals surface area (Å²) in [6.07, 6.45) is 3.43. The van der Waals surface area contributed by atoms with Gasteiger partial charge in [0.15, 0.2) is 17.4 Å². The second-order valence-corrected chi connectivity index (χ2v) is 11.3. The minimum absolute atomic E-state index is 0.0450. The normalized spacial score (nSPS) is 17.3.